The first-order valence-electron chi connectivity index (χ1n) is 8.19. The predicted molar refractivity (Wildman–Crippen MR) is 83.9 cm³/mol. The quantitative estimate of drug-likeness (QED) is 0.890. The van der Waals surface area contributed by atoms with E-state index in [9.17, 15) is 0 Å². The van der Waals surface area contributed by atoms with E-state index in [0.29, 0.717) is 6.54 Å². The third-order valence-electron chi connectivity index (χ3n) is 3.99. The van der Waals surface area contributed by atoms with Gasteiger partial charge in [-0.2, -0.15) is 0 Å². The molecule has 0 aliphatic heterocycles. The average molecular weight is 276 g/mol. The van der Waals surface area contributed by atoms with E-state index >= 15 is 0 Å². The molecule has 1 aromatic rings. The first kappa shape index (κ1) is 15.2. The zero-order valence-electron chi connectivity index (χ0n) is 12.5. The largest absolute Gasteiger partial charge is 0.353 e. The van der Waals surface area contributed by atoms with Crippen molar-refractivity contribution in [3.05, 3.63) is 17.5 Å². The van der Waals surface area contributed by atoms with Gasteiger partial charge >= 0.3 is 0 Å². The molecule has 4 heteroatoms. The monoisotopic (exact) mass is 276 g/mol. The summed E-state index contributed by atoms with van der Waals surface area (Å²) in [6.07, 6.45) is 15.0. The molecule has 112 valence electrons. The Labute approximate surface area is 122 Å². The summed E-state index contributed by atoms with van der Waals surface area (Å²) in [7, 11) is 0. The lowest BCUT2D eigenvalue weighted by molar-refractivity contribution is 0.556. The van der Waals surface area contributed by atoms with E-state index in [-0.39, 0.29) is 0 Å². The number of anilines is 1. The van der Waals surface area contributed by atoms with Crippen LogP contribution in [-0.4, -0.2) is 23.1 Å². The van der Waals surface area contributed by atoms with Crippen LogP contribution in [0.5, 0.6) is 0 Å². The van der Waals surface area contributed by atoms with Crippen LogP contribution in [0.25, 0.3) is 0 Å². The molecular weight excluding hydrogens is 248 g/mol. The van der Waals surface area contributed by atoms with E-state index < -0.39 is 0 Å². The summed E-state index contributed by atoms with van der Waals surface area (Å²) in [6, 6.07) is 0. The maximum absolute atomic E-state index is 5.51. The molecule has 1 aromatic heterocycles. The fraction of sp³-hybridized carbons (Fsp3) is 0.750. The van der Waals surface area contributed by atoms with Gasteiger partial charge in [0.2, 0.25) is 5.95 Å². The highest BCUT2D eigenvalue weighted by Gasteiger charge is 2.08. The van der Waals surface area contributed by atoms with Crippen molar-refractivity contribution >= 4 is 5.95 Å². The molecule has 1 aliphatic rings. The number of nitrogens with one attached hydrogen (secondary N) is 1. The standard InChI is InChI=1S/C16H28N4/c17-11-12-18-16-19-13-14-9-7-5-3-1-2-4-6-8-10-15(14)20-16/h13H,1-12,17H2,(H,18,19,20). The van der Waals surface area contributed by atoms with Crippen molar-refractivity contribution < 1.29 is 0 Å². The Morgan fingerprint density at radius 3 is 2.30 bits per heavy atom. The van der Waals surface area contributed by atoms with Crippen LogP contribution in [0.15, 0.2) is 6.20 Å². The molecule has 3 N–H and O–H groups in total. The van der Waals surface area contributed by atoms with Crippen molar-refractivity contribution in [2.24, 2.45) is 5.73 Å². The van der Waals surface area contributed by atoms with Crippen LogP contribution in [0.2, 0.25) is 0 Å². The van der Waals surface area contributed by atoms with E-state index in [0.717, 1.165) is 25.3 Å². The molecule has 1 heterocycles. The zero-order chi connectivity index (χ0) is 14.0. The molecule has 0 unspecified atom stereocenters. The lowest BCUT2D eigenvalue weighted by atomic mass is 9.99. The van der Waals surface area contributed by atoms with E-state index in [1.165, 1.54) is 62.6 Å². The van der Waals surface area contributed by atoms with Crippen molar-refractivity contribution in [1.82, 2.24) is 9.97 Å². The number of hydrogen-bond acceptors (Lipinski definition) is 4. The highest BCUT2D eigenvalue weighted by atomic mass is 15.1. The van der Waals surface area contributed by atoms with Gasteiger partial charge in [-0.1, -0.05) is 38.5 Å². The fourth-order valence-electron chi connectivity index (χ4n) is 2.81. The molecule has 0 atom stereocenters. The Hall–Kier alpha value is -1.16. The van der Waals surface area contributed by atoms with Gasteiger partial charge in [-0.3, -0.25) is 0 Å². The summed E-state index contributed by atoms with van der Waals surface area (Å²) in [5.74, 6) is 0.737. The molecule has 0 saturated carbocycles. The Kier molecular flexibility index (Phi) is 6.78. The van der Waals surface area contributed by atoms with Gasteiger partial charge in [-0.15, -0.1) is 0 Å². The summed E-state index contributed by atoms with van der Waals surface area (Å²) in [5.41, 5.74) is 8.11. The maximum atomic E-state index is 5.51. The second-order valence-corrected chi connectivity index (χ2v) is 5.71. The number of nitrogens with zero attached hydrogens (tertiary/aromatic N) is 2. The molecular formula is C16H28N4. The van der Waals surface area contributed by atoms with E-state index in [2.05, 4.69) is 10.3 Å². The van der Waals surface area contributed by atoms with Gasteiger partial charge in [0.05, 0.1) is 0 Å². The second-order valence-electron chi connectivity index (χ2n) is 5.71. The van der Waals surface area contributed by atoms with E-state index in [1.54, 1.807) is 0 Å². The summed E-state index contributed by atoms with van der Waals surface area (Å²) in [6.45, 7) is 1.35. The maximum Gasteiger partial charge on any atom is 0.222 e. The highest BCUT2D eigenvalue weighted by Crippen LogP contribution is 2.18. The fourth-order valence-corrected chi connectivity index (χ4v) is 2.81. The van der Waals surface area contributed by atoms with Gasteiger partial charge in [-0.05, 0) is 31.2 Å². The van der Waals surface area contributed by atoms with Gasteiger partial charge in [0.1, 0.15) is 0 Å². The predicted octanol–water partition coefficient (Wildman–Crippen LogP) is 3.07. The van der Waals surface area contributed by atoms with Crippen LogP contribution in [0.4, 0.5) is 5.95 Å². The second kappa shape index (κ2) is 8.90. The van der Waals surface area contributed by atoms with Gasteiger partial charge < -0.3 is 11.1 Å². The minimum atomic E-state index is 0.612. The minimum absolute atomic E-state index is 0.612. The molecule has 0 radical (unpaired) electrons. The Balaban J connectivity index is 2.03. The van der Waals surface area contributed by atoms with Crippen molar-refractivity contribution in [1.29, 1.82) is 0 Å². The first-order valence-corrected chi connectivity index (χ1v) is 8.19. The number of fused-ring (bicyclic) bond motifs is 1. The summed E-state index contributed by atoms with van der Waals surface area (Å²) in [4.78, 5) is 9.12. The van der Waals surface area contributed by atoms with E-state index in [4.69, 9.17) is 10.7 Å². The van der Waals surface area contributed by atoms with Crippen LogP contribution in [-0.2, 0) is 12.8 Å². The number of aromatic nitrogens is 2. The molecule has 0 aromatic carbocycles. The van der Waals surface area contributed by atoms with Crippen molar-refractivity contribution in [2.75, 3.05) is 18.4 Å². The minimum Gasteiger partial charge on any atom is -0.353 e. The summed E-state index contributed by atoms with van der Waals surface area (Å²) < 4.78 is 0. The van der Waals surface area contributed by atoms with Gasteiger partial charge in [-0.25, -0.2) is 9.97 Å². The van der Waals surface area contributed by atoms with Gasteiger partial charge in [0.25, 0.3) is 0 Å². The van der Waals surface area contributed by atoms with Crippen LogP contribution >= 0.6 is 0 Å². The average Bonchev–Trinajstić information content (AvgIpc) is 2.46. The van der Waals surface area contributed by atoms with Gasteiger partial charge in [0, 0.05) is 25.0 Å². The van der Waals surface area contributed by atoms with Crippen molar-refractivity contribution in [3.8, 4) is 0 Å². The topological polar surface area (TPSA) is 63.8 Å². The summed E-state index contributed by atoms with van der Waals surface area (Å²) >= 11 is 0. The molecule has 0 spiro atoms. The van der Waals surface area contributed by atoms with Crippen LogP contribution in [0.3, 0.4) is 0 Å². The SMILES string of the molecule is NCCNc1ncc2c(n1)CCCCCCCCCC2. The molecule has 0 bridgehead atoms. The first-order chi connectivity index (χ1) is 9.90. The van der Waals surface area contributed by atoms with E-state index in [1.807, 2.05) is 6.20 Å². The van der Waals surface area contributed by atoms with Crippen LogP contribution < -0.4 is 11.1 Å². The Bertz CT molecular complexity index is 392. The lowest BCUT2D eigenvalue weighted by Gasteiger charge is -2.12. The number of aryl methyl sites for hydroxylation is 2. The lowest BCUT2D eigenvalue weighted by Crippen LogP contribution is -2.16. The molecule has 2 rings (SSSR count). The third-order valence-corrected chi connectivity index (χ3v) is 3.99. The molecule has 0 amide bonds. The molecule has 0 fully saturated rings. The number of hydrogen-bond donors (Lipinski definition) is 2. The molecule has 4 nitrogen and oxygen atoms in total. The van der Waals surface area contributed by atoms with Crippen molar-refractivity contribution in [3.63, 3.8) is 0 Å². The van der Waals surface area contributed by atoms with Crippen LogP contribution in [0.1, 0.15) is 62.6 Å². The number of rotatable bonds is 3. The van der Waals surface area contributed by atoms with Crippen LogP contribution in [0, 0.1) is 0 Å². The zero-order valence-corrected chi connectivity index (χ0v) is 12.5. The van der Waals surface area contributed by atoms with Crippen molar-refractivity contribution in [2.45, 2.75) is 64.2 Å². The molecule has 1 aliphatic carbocycles. The summed E-state index contributed by atoms with van der Waals surface area (Å²) in [5, 5.41) is 3.18. The third kappa shape index (κ3) is 5.08. The Morgan fingerprint density at radius 1 is 0.950 bits per heavy atom. The highest BCUT2D eigenvalue weighted by molar-refractivity contribution is 5.30. The smallest absolute Gasteiger partial charge is 0.222 e. The van der Waals surface area contributed by atoms with Gasteiger partial charge in [0.15, 0.2) is 0 Å². The Morgan fingerprint density at radius 2 is 1.60 bits per heavy atom. The molecule has 20 heavy (non-hydrogen) atoms. The normalized spacial score (nSPS) is 17.6. The number of nitrogens with two attached hydrogens (primary N) is 1. The molecule has 0 saturated heterocycles.